The summed E-state index contributed by atoms with van der Waals surface area (Å²) in [5.41, 5.74) is 0. The van der Waals surface area contributed by atoms with Crippen molar-refractivity contribution in [2.75, 3.05) is 13.6 Å². The zero-order valence-corrected chi connectivity index (χ0v) is 8.67. The highest BCUT2D eigenvalue weighted by Crippen LogP contribution is 2.21. The lowest BCUT2D eigenvalue weighted by atomic mass is 10.1. The number of aliphatic carboxylic acids is 1. The number of likely N-dealkylation sites (N-methyl/N-ethyl adjacent to an activating group) is 1. The Morgan fingerprint density at radius 2 is 2.46 bits per heavy atom. The fraction of sp³-hybridized carbons (Fsp3) is 0.375. The molecule has 4 nitrogen and oxygen atoms in total. The van der Waals surface area contributed by atoms with E-state index in [4.69, 9.17) is 9.52 Å². The van der Waals surface area contributed by atoms with Crippen LogP contribution in [0.15, 0.2) is 21.2 Å². The molecule has 0 saturated heterocycles. The van der Waals surface area contributed by atoms with Gasteiger partial charge in [0.1, 0.15) is 11.7 Å². The summed E-state index contributed by atoms with van der Waals surface area (Å²) in [7, 11) is 1.70. The first-order valence-corrected chi connectivity index (χ1v) is 4.57. The van der Waals surface area contributed by atoms with E-state index in [9.17, 15) is 4.79 Å². The van der Waals surface area contributed by atoms with Gasteiger partial charge in [0.15, 0.2) is 4.67 Å². The number of carboxylic acids is 1. The van der Waals surface area contributed by atoms with Crippen molar-refractivity contribution in [2.24, 2.45) is 0 Å². The van der Waals surface area contributed by atoms with E-state index in [-0.39, 0.29) is 0 Å². The van der Waals surface area contributed by atoms with Crippen molar-refractivity contribution in [1.82, 2.24) is 5.32 Å². The van der Waals surface area contributed by atoms with E-state index in [1.54, 1.807) is 19.2 Å². The van der Waals surface area contributed by atoms with Crippen LogP contribution in [0.4, 0.5) is 0 Å². The Kier molecular flexibility index (Phi) is 3.50. The lowest BCUT2D eigenvalue weighted by Gasteiger charge is -2.07. The van der Waals surface area contributed by atoms with Gasteiger partial charge in [-0.2, -0.15) is 0 Å². The average molecular weight is 248 g/mol. The average Bonchev–Trinajstić information content (AvgIpc) is 2.46. The van der Waals surface area contributed by atoms with Crippen LogP contribution in [0.3, 0.4) is 0 Å². The third-order valence-electron chi connectivity index (χ3n) is 1.64. The molecule has 72 valence electrons. The molecule has 0 radical (unpaired) electrons. The van der Waals surface area contributed by atoms with Crippen LogP contribution in [-0.2, 0) is 4.79 Å². The summed E-state index contributed by atoms with van der Waals surface area (Å²) in [6, 6.07) is 3.33. The molecule has 0 aliphatic heterocycles. The van der Waals surface area contributed by atoms with Crippen LogP contribution >= 0.6 is 15.9 Å². The lowest BCUT2D eigenvalue weighted by Crippen LogP contribution is -2.23. The first kappa shape index (κ1) is 10.3. The number of halogens is 1. The third kappa shape index (κ3) is 2.57. The standard InChI is InChI=1S/C8H10BrNO3/c1-10-4-5(8(11)12)6-2-3-7(9)13-6/h2-3,5,10H,4H2,1H3,(H,11,12). The van der Waals surface area contributed by atoms with Crippen LogP contribution in [0, 0.1) is 0 Å². The van der Waals surface area contributed by atoms with Crippen molar-refractivity contribution in [3.05, 3.63) is 22.6 Å². The molecular weight excluding hydrogens is 238 g/mol. The van der Waals surface area contributed by atoms with Gasteiger partial charge in [-0.3, -0.25) is 4.79 Å². The van der Waals surface area contributed by atoms with E-state index in [1.807, 2.05) is 0 Å². The van der Waals surface area contributed by atoms with Crippen LogP contribution in [0.1, 0.15) is 11.7 Å². The second kappa shape index (κ2) is 4.43. The summed E-state index contributed by atoms with van der Waals surface area (Å²) in [5.74, 6) is -1.07. The van der Waals surface area contributed by atoms with E-state index in [0.29, 0.717) is 17.0 Å². The number of carboxylic acid groups (broad SMARTS) is 1. The van der Waals surface area contributed by atoms with Crippen LogP contribution < -0.4 is 5.32 Å². The first-order chi connectivity index (χ1) is 6.15. The fourth-order valence-corrected chi connectivity index (χ4v) is 1.35. The molecule has 0 bridgehead atoms. The summed E-state index contributed by atoms with van der Waals surface area (Å²) in [6.07, 6.45) is 0. The van der Waals surface area contributed by atoms with Crippen molar-refractivity contribution in [3.8, 4) is 0 Å². The molecule has 0 spiro atoms. The van der Waals surface area contributed by atoms with Crippen molar-refractivity contribution in [3.63, 3.8) is 0 Å². The maximum atomic E-state index is 10.8. The predicted molar refractivity (Wildman–Crippen MR) is 50.7 cm³/mol. The quantitative estimate of drug-likeness (QED) is 0.846. The Balaban J connectivity index is 2.81. The molecule has 2 N–H and O–H groups in total. The summed E-state index contributed by atoms with van der Waals surface area (Å²) < 4.78 is 5.70. The van der Waals surface area contributed by atoms with Crippen molar-refractivity contribution >= 4 is 21.9 Å². The zero-order chi connectivity index (χ0) is 9.84. The lowest BCUT2D eigenvalue weighted by molar-refractivity contribution is -0.139. The molecule has 0 saturated carbocycles. The Labute approximate surface area is 84.1 Å². The summed E-state index contributed by atoms with van der Waals surface area (Å²) in [4.78, 5) is 10.8. The minimum Gasteiger partial charge on any atom is -0.481 e. The predicted octanol–water partition coefficient (Wildman–Crippen LogP) is 1.43. The third-order valence-corrected chi connectivity index (χ3v) is 2.07. The molecule has 5 heteroatoms. The normalized spacial score (nSPS) is 12.8. The SMILES string of the molecule is CNCC(C(=O)O)c1ccc(Br)o1. The van der Waals surface area contributed by atoms with Gasteiger partial charge in [-0.15, -0.1) is 0 Å². The molecule has 1 aromatic rings. The Hall–Kier alpha value is -0.810. The molecule has 0 aliphatic rings. The molecule has 1 rings (SSSR count). The molecular formula is C8H10BrNO3. The van der Waals surface area contributed by atoms with Crippen molar-refractivity contribution in [2.45, 2.75) is 5.92 Å². The first-order valence-electron chi connectivity index (χ1n) is 3.77. The number of hydrogen-bond acceptors (Lipinski definition) is 3. The monoisotopic (exact) mass is 247 g/mol. The smallest absolute Gasteiger partial charge is 0.315 e. The van der Waals surface area contributed by atoms with Crippen LogP contribution in [0.5, 0.6) is 0 Å². The molecule has 1 heterocycles. The zero-order valence-electron chi connectivity index (χ0n) is 7.08. The van der Waals surface area contributed by atoms with Gasteiger partial charge in [-0.25, -0.2) is 0 Å². The number of nitrogens with one attached hydrogen (secondary N) is 1. The van der Waals surface area contributed by atoms with E-state index in [2.05, 4.69) is 21.2 Å². The highest BCUT2D eigenvalue weighted by atomic mass is 79.9. The summed E-state index contributed by atoms with van der Waals surface area (Å²) in [6.45, 7) is 0.356. The molecule has 0 fully saturated rings. The van der Waals surface area contributed by atoms with E-state index >= 15 is 0 Å². The van der Waals surface area contributed by atoms with E-state index in [0.717, 1.165) is 0 Å². The van der Waals surface area contributed by atoms with Gasteiger partial charge in [-0.1, -0.05) is 0 Å². The van der Waals surface area contributed by atoms with Crippen LogP contribution in [0.25, 0.3) is 0 Å². The molecule has 0 aliphatic carbocycles. The van der Waals surface area contributed by atoms with Gasteiger partial charge >= 0.3 is 5.97 Å². The number of carbonyl (C=O) groups is 1. The Morgan fingerprint density at radius 3 is 2.85 bits per heavy atom. The van der Waals surface area contributed by atoms with Gasteiger partial charge in [0.05, 0.1) is 0 Å². The number of rotatable bonds is 4. The largest absolute Gasteiger partial charge is 0.481 e. The Bertz CT molecular complexity index is 297. The molecule has 1 atom stereocenters. The Morgan fingerprint density at radius 1 is 1.77 bits per heavy atom. The second-order valence-electron chi connectivity index (χ2n) is 2.59. The van der Waals surface area contributed by atoms with Gasteiger partial charge in [-0.05, 0) is 35.1 Å². The fourth-order valence-electron chi connectivity index (χ4n) is 1.03. The molecule has 0 aromatic carbocycles. The summed E-state index contributed by atoms with van der Waals surface area (Å²) in [5, 5.41) is 11.7. The topological polar surface area (TPSA) is 62.5 Å². The molecule has 13 heavy (non-hydrogen) atoms. The highest BCUT2D eigenvalue weighted by molar-refractivity contribution is 9.10. The van der Waals surface area contributed by atoms with E-state index in [1.165, 1.54) is 0 Å². The van der Waals surface area contributed by atoms with E-state index < -0.39 is 11.9 Å². The van der Waals surface area contributed by atoms with Crippen LogP contribution in [0.2, 0.25) is 0 Å². The molecule has 1 aromatic heterocycles. The van der Waals surface area contributed by atoms with Crippen LogP contribution in [-0.4, -0.2) is 24.7 Å². The maximum Gasteiger partial charge on any atom is 0.315 e. The van der Waals surface area contributed by atoms with Gasteiger partial charge in [0.25, 0.3) is 0 Å². The van der Waals surface area contributed by atoms with Gasteiger partial charge < -0.3 is 14.8 Å². The number of hydrogen-bond donors (Lipinski definition) is 2. The summed E-state index contributed by atoms with van der Waals surface area (Å²) >= 11 is 3.12. The van der Waals surface area contributed by atoms with Crippen molar-refractivity contribution in [1.29, 1.82) is 0 Å². The van der Waals surface area contributed by atoms with Crippen molar-refractivity contribution < 1.29 is 14.3 Å². The molecule has 1 unspecified atom stereocenters. The maximum absolute atomic E-state index is 10.8. The second-order valence-corrected chi connectivity index (χ2v) is 3.37. The molecule has 0 amide bonds. The minimum absolute atomic E-state index is 0.356. The number of furan rings is 1. The minimum atomic E-state index is -0.892. The van der Waals surface area contributed by atoms with Gasteiger partial charge in [0.2, 0.25) is 0 Å². The van der Waals surface area contributed by atoms with Gasteiger partial charge in [0, 0.05) is 6.54 Å². The highest BCUT2D eigenvalue weighted by Gasteiger charge is 2.22.